The van der Waals surface area contributed by atoms with Crippen LogP contribution in [0.3, 0.4) is 0 Å². The lowest BCUT2D eigenvalue weighted by Gasteiger charge is -2.11. The minimum absolute atomic E-state index is 0. The molecule has 0 saturated carbocycles. The summed E-state index contributed by atoms with van der Waals surface area (Å²) in [6.45, 7) is 0.792. The fourth-order valence-corrected chi connectivity index (χ4v) is 2.93. The first-order chi connectivity index (χ1) is 9.24. The normalized spacial score (nSPS) is 21.6. The van der Waals surface area contributed by atoms with Gasteiger partial charge in [-0.25, -0.2) is 0 Å². The Kier molecular flexibility index (Phi) is 4.63. The number of halogens is 1. The average molecular weight is 292 g/mol. The Balaban J connectivity index is 0.00000147. The number of hydrogen-bond donors (Lipinski definition) is 2. The molecule has 1 aliphatic rings. The zero-order chi connectivity index (χ0) is 13.2. The summed E-state index contributed by atoms with van der Waals surface area (Å²) in [5.41, 5.74) is 1.32. The van der Waals surface area contributed by atoms with E-state index in [2.05, 4.69) is 41.7 Å². The number of carboxylic acids is 1. The van der Waals surface area contributed by atoms with Crippen LogP contribution in [0, 0.1) is 5.92 Å². The number of carbonyl (C=O) groups is 1. The molecule has 2 aromatic rings. The van der Waals surface area contributed by atoms with Crippen molar-refractivity contribution in [3.05, 3.63) is 48.0 Å². The molecule has 2 aromatic carbocycles. The molecule has 3 nitrogen and oxygen atoms in total. The van der Waals surface area contributed by atoms with E-state index in [4.69, 9.17) is 5.11 Å². The number of aliphatic carboxylic acids is 1. The van der Waals surface area contributed by atoms with Gasteiger partial charge >= 0.3 is 5.97 Å². The lowest BCUT2D eigenvalue weighted by Crippen LogP contribution is -2.29. The first-order valence-electron chi connectivity index (χ1n) is 6.67. The van der Waals surface area contributed by atoms with Crippen molar-refractivity contribution in [1.82, 2.24) is 5.32 Å². The molecule has 1 heterocycles. The molecule has 2 unspecified atom stereocenters. The number of benzene rings is 2. The molecule has 1 aliphatic heterocycles. The Labute approximate surface area is 124 Å². The van der Waals surface area contributed by atoms with E-state index in [1.54, 1.807) is 0 Å². The van der Waals surface area contributed by atoms with Crippen molar-refractivity contribution in [1.29, 1.82) is 0 Å². The van der Waals surface area contributed by atoms with Gasteiger partial charge in [0, 0.05) is 0 Å². The Morgan fingerprint density at radius 1 is 1.20 bits per heavy atom. The topological polar surface area (TPSA) is 49.3 Å². The Morgan fingerprint density at radius 2 is 1.95 bits per heavy atom. The number of hydrogen-bond acceptors (Lipinski definition) is 2. The molecule has 4 heteroatoms. The van der Waals surface area contributed by atoms with Gasteiger partial charge in [-0.05, 0) is 41.6 Å². The van der Waals surface area contributed by atoms with Crippen LogP contribution in [0.5, 0.6) is 0 Å². The molecule has 0 spiro atoms. The maximum absolute atomic E-state index is 10.9. The monoisotopic (exact) mass is 291 g/mol. The fraction of sp³-hybridized carbons (Fsp3) is 0.312. The minimum atomic E-state index is -0.736. The van der Waals surface area contributed by atoms with E-state index in [0.717, 1.165) is 19.4 Å². The van der Waals surface area contributed by atoms with Crippen molar-refractivity contribution in [2.75, 3.05) is 6.54 Å². The molecular weight excluding hydrogens is 274 g/mol. The predicted octanol–water partition coefficient (Wildman–Crippen LogP) is 2.87. The van der Waals surface area contributed by atoms with Gasteiger partial charge < -0.3 is 10.4 Å². The molecule has 0 radical (unpaired) electrons. The Hall–Kier alpha value is -1.58. The molecule has 106 valence electrons. The van der Waals surface area contributed by atoms with Crippen molar-refractivity contribution in [3.63, 3.8) is 0 Å². The number of carboxylic acid groups (broad SMARTS) is 1. The third-order valence-corrected chi connectivity index (χ3v) is 3.91. The summed E-state index contributed by atoms with van der Waals surface area (Å²) in [6.07, 6.45) is 1.66. The Morgan fingerprint density at radius 3 is 2.70 bits per heavy atom. The highest BCUT2D eigenvalue weighted by atomic mass is 35.5. The zero-order valence-electron chi connectivity index (χ0n) is 11.1. The van der Waals surface area contributed by atoms with E-state index in [1.165, 1.54) is 16.3 Å². The van der Waals surface area contributed by atoms with Gasteiger partial charge in [0.1, 0.15) is 6.04 Å². The van der Waals surface area contributed by atoms with Crippen LogP contribution in [0.2, 0.25) is 0 Å². The quantitative estimate of drug-likeness (QED) is 0.914. The van der Waals surface area contributed by atoms with Crippen LogP contribution < -0.4 is 5.32 Å². The fourth-order valence-electron chi connectivity index (χ4n) is 2.93. The van der Waals surface area contributed by atoms with E-state index in [1.807, 2.05) is 6.07 Å². The molecular formula is C16H18ClNO2. The van der Waals surface area contributed by atoms with E-state index in [-0.39, 0.29) is 18.4 Å². The van der Waals surface area contributed by atoms with Crippen LogP contribution in [-0.4, -0.2) is 23.7 Å². The second-order valence-electron chi connectivity index (χ2n) is 5.24. The van der Waals surface area contributed by atoms with Crippen LogP contribution >= 0.6 is 12.4 Å². The number of nitrogens with one attached hydrogen (secondary N) is 1. The van der Waals surface area contributed by atoms with Crippen LogP contribution in [0.15, 0.2) is 42.5 Å². The highest BCUT2D eigenvalue weighted by Crippen LogP contribution is 2.25. The van der Waals surface area contributed by atoms with E-state index in [0.29, 0.717) is 5.92 Å². The van der Waals surface area contributed by atoms with Crippen molar-refractivity contribution >= 4 is 29.1 Å². The van der Waals surface area contributed by atoms with Crippen LogP contribution in [0.4, 0.5) is 0 Å². The highest BCUT2D eigenvalue weighted by Gasteiger charge is 2.29. The summed E-state index contributed by atoms with van der Waals surface area (Å²) >= 11 is 0. The van der Waals surface area contributed by atoms with Gasteiger partial charge in [0.25, 0.3) is 0 Å². The second-order valence-corrected chi connectivity index (χ2v) is 5.24. The van der Waals surface area contributed by atoms with Crippen LogP contribution in [0.1, 0.15) is 12.0 Å². The Bertz CT molecular complexity index is 609. The third kappa shape index (κ3) is 2.94. The lowest BCUT2D eigenvalue weighted by atomic mass is 9.93. The number of rotatable bonds is 3. The highest BCUT2D eigenvalue weighted by molar-refractivity contribution is 5.86. The summed E-state index contributed by atoms with van der Waals surface area (Å²) in [5, 5.41) is 14.6. The molecule has 3 rings (SSSR count). The van der Waals surface area contributed by atoms with Crippen LogP contribution in [0.25, 0.3) is 10.8 Å². The van der Waals surface area contributed by atoms with Gasteiger partial charge in [-0.3, -0.25) is 4.79 Å². The van der Waals surface area contributed by atoms with E-state index >= 15 is 0 Å². The number of fused-ring (bicyclic) bond motifs is 1. The van der Waals surface area contributed by atoms with Gasteiger partial charge in [-0.2, -0.15) is 0 Å². The minimum Gasteiger partial charge on any atom is -0.480 e. The third-order valence-electron chi connectivity index (χ3n) is 3.91. The van der Waals surface area contributed by atoms with Crippen molar-refractivity contribution < 1.29 is 9.90 Å². The second kappa shape index (κ2) is 6.25. The predicted molar refractivity (Wildman–Crippen MR) is 82.4 cm³/mol. The van der Waals surface area contributed by atoms with E-state index in [9.17, 15) is 4.79 Å². The summed E-state index contributed by atoms with van der Waals surface area (Å²) in [7, 11) is 0. The first-order valence-corrected chi connectivity index (χ1v) is 6.67. The standard InChI is InChI=1S/C16H17NO2.ClH/c18-16(19)15-9-11(10-17-15)8-13-6-3-5-12-4-1-2-7-14(12)13;/h1-7,11,15,17H,8-10H2,(H,18,19);1H. The molecule has 1 fully saturated rings. The largest absolute Gasteiger partial charge is 0.480 e. The van der Waals surface area contributed by atoms with Crippen molar-refractivity contribution in [2.24, 2.45) is 5.92 Å². The van der Waals surface area contributed by atoms with Gasteiger partial charge in [-0.15, -0.1) is 12.4 Å². The first kappa shape index (κ1) is 14.8. The molecule has 0 aliphatic carbocycles. The van der Waals surface area contributed by atoms with Gasteiger partial charge in [-0.1, -0.05) is 42.5 Å². The van der Waals surface area contributed by atoms with Crippen molar-refractivity contribution in [2.45, 2.75) is 18.9 Å². The van der Waals surface area contributed by atoms with Gasteiger partial charge in [0.15, 0.2) is 0 Å². The smallest absolute Gasteiger partial charge is 0.320 e. The zero-order valence-corrected chi connectivity index (χ0v) is 11.9. The lowest BCUT2D eigenvalue weighted by molar-refractivity contribution is -0.139. The van der Waals surface area contributed by atoms with E-state index < -0.39 is 5.97 Å². The molecule has 0 bridgehead atoms. The van der Waals surface area contributed by atoms with Crippen molar-refractivity contribution in [3.8, 4) is 0 Å². The van der Waals surface area contributed by atoms with Crippen LogP contribution in [-0.2, 0) is 11.2 Å². The average Bonchev–Trinajstić information content (AvgIpc) is 2.88. The maximum Gasteiger partial charge on any atom is 0.320 e. The molecule has 2 N–H and O–H groups in total. The molecule has 0 amide bonds. The summed E-state index contributed by atoms with van der Waals surface area (Å²) < 4.78 is 0. The molecule has 0 aromatic heterocycles. The summed E-state index contributed by atoms with van der Waals surface area (Å²) in [4.78, 5) is 10.9. The summed E-state index contributed by atoms with van der Waals surface area (Å²) in [6, 6.07) is 14.3. The van der Waals surface area contributed by atoms with Gasteiger partial charge in [0.2, 0.25) is 0 Å². The van der Waals surface area contributed by atoms with Gasteiger partial charge in [0.05, 0.1) is 0 Å². The molecule has 2 atom stereocenters. The molecule has 20 heavy (non-hydrogen) atoms. The SMILES string of the molecule is Cl.O=C(O)C1CC(Cc2cccc3ccccc23)CN1. The maximum atomic E-state index is 10.9. The summed E-state index contributed by atoms with van der Waals surface area (Å²) in [5.74, 6) is -0.327. The molecule has 1 saturated heterocycles.